The van der Waals surface area contributed by atoms with Gasteiger partial charge in [-0.3, -0.25) is 9.59 Å². The van der Waals surface area contributed by atoms with Crippen molar-refractivity contribution in [3.63, 3.8) is 0 Å². The second kappa shape index (κ2) is 9.71. The van der Waals surface area contributed by atoms with Crippen LogP contribution in [0.25, 0.3) is 0 Å². The maximum atomic E-state index is 11.8. The number of carbonyl (C=O) groups is 2. The molecule has 2 aromatic carbocycles. The van der Waals surface area contributed by atoms with Gasteiger partial charge in [0.05, 0.1) is 13.1 Å². The predicted molar refractivity (Wildman–Crippen MR) is 104 cm³/mol. The molecule has 0 aliphatic rings. The van der Waals surface area contributed by atoms with Crippen LogP contribution in [0.4, 0.5) is 11.4 Å². The van der Waals surface area contributed by atoms with E-state index in [1.54, 1.807) is 9.80 Å². The van der Waals surface area contributed by atoms with Gasteiger partial charge in [0, 0.05) is 25.2 Å². The van der Waals surface area contributed by atoms with E-state index in [-0.39, 0.29) is 24.9 Å². The molecule has 0 unspecified atom stereocenters. The molecule has 2 amide bonds. The van der Waals surface area contributed by atoms with E-state index in [1.807, 2.05) is 60.7 Å². The molecular formula is C22H20N2O2. The predicted octanol–water partition coefficient (Wildman–Crippen LogP) is 3.10. The van der Waals surface area contributed by atoms with Crippen molar-refractivity contribution in [2.24, 2.45) is 0 Å². The van der Waals surface area contributed by atoms with Crippen molar-refractivity contribution in [3.8, 4) is 23.7 Å². The van der Waals surface area contributed by atoms with Gasteiger partial charge < -0.3 is 9.80 Å². The van der Waals surface area contributed by atoms with Crippen molar-refractivity contribution >= 4 is 23.2 Å². The van der Waals surface area contributed by atoms with E-state index in [2.05, 4.69) is 23.7 Å². The smallest absolute Gasteiger partial charge is 0.224 e. The third-order valence-corrected chi connectivity index (χ3v) is 3.61. The average molecular weight is 344 g/mol. The van der Waals surface area contributed by atoms with Gasteiger partial charge in [0.25, 0.3) is 0 Å². The fraction of sp³-hybridized carbons (Fsp3) is 0.182. The molecule has 2 aromatic rings. The molecule has 0 aliphatic heterocycles. The number of nitrogens with zero attached hydrogens (tertiary/aromatic N) is 2. The average Bonchev–Trinajstić information content (AvgIpc) is 2.65. The highest BCUT2D eigenvalue weighted by molar-refractivity contribution is 5.92. The molecule has 0 heterocycles. The van der Waals surface area contributed by atoms with Crippen LogP contribution in [-0.4, -0.2) is 24.9 Å². The molecule has 0 aliphatic carbocycles. The Kier molecular flexibility index (Phi) is 7.04. The minimum absolute atomic E-state index is 0.0784. The number of hydrogen-bond acceptors (Lipinski definition) is 2. The normalized spacial score (nSPS) is 9.15. The molecule has 0 spiro atoms. The molecule has 0 aromatic heterocycles. The Labute approximate surface area is 154 Å². The second-order valence-corrected chi connectivity index (χ2v) is 5.48. The van der Waals surface area contributed by atoms with Gasteiger partial charge in [-0.15, -0.1) is 0 Å². The van der Waals surface area contributed by atoms with Crippen LogP contribution in [0.15, 0.2) is 60.7 Å². The quantitative estimate of drug-likeness (QED) is 0.800. The van der Waals surface area contributed by atoms with Gasteiger partial charge in [0.2, 0.25) is 11.8 Å². The summed E-state index contributed by atoms with van der Waals surface area (Å²) in [5.74, 6) is 11.1. The van der Waals surface area contributed by atoms with E-state index in [0.717, 1.165) is 11.4 Å². The summed E-state index contributed by atoms with van der Waals surface area (Å²) in [6.45, 7) is 3.54. The van der Waals surface area contributed by atoms with Crippen molar-refractivity contribution < 1.29 is 9.59 Å². The first-order valence-corrected chi connectivity index (χ1v) is 8.21. The zero-order valence-corrected chi connectivity index (χ0v) is 14.9. The van der Waals surface area contributed by atoms with E-state index in [9.17, 15) is 9.59 Å². The highest BCUT2D eigenvalue weighted by Gasteiger charge is 2.09. The summed E-state index contributed by atoms with van der Waals surface area (Å²) in [4.78, 5) is 26.7. The highest BCUT2D eigenvalue weighted by atomic mass is 16.2. The van der Waals surface area contributed by atoms with E-state index in [1.165, 1.54) is 13.8 Å². The van der Waals surface area contributed by atoms with E-state index in [0.29, 0.717) is 0 Å². The van der Waals surface area contributed by atoms with Crippen molar-refractivity contribution in [3.05, 3.63) is 60.7 Å². The van der Waals surface area contributed by atoms with Crippen LogP contribution in [0.1, 0.15) is 13.8 Å². The summed E-state index contributed by atoms with van der Waals surface area (Å²) < 4.78 is 0. The van der Waals surface area contributed by atoms with Gasteiger partial charge in [-0.25, -0.2) is 0 Å². The first-order chi connectivity index (χ1) is 12.6. The van der Waals surface area contributed by atoms with Gasteiger partial charge in [-0.05, 0) is 36.1 Å². The Morgan fingerprint density at radius 2 is 1.04 bits per heavy atom. The summed E-state index contributed by atoms with van der Waals surface area (Å²) >= 11 is 0. The number of hydrogen-bond donors (Lipinski definition) is 0. The van der Waals surface area contributed by atoms with Gasteiger partial charge in [-0.2, -0.15) is 0 Å². The maximum Gasteiger partial charge on any atom is 0.224 e. The minimum Gasteiger partial charge on any atom is -0.301 e. The Balaban J connectivity index is 1.99. The first-order valence-electron chi connectivity index (χ1n) is 8.21. The molecule has 0 bridgehead atoms. The van der Waals surface area contributed by atoms with Gasteiger partial charge >= 0.3 is 0 Å². The fourth-order valence-corrected chi connectivity index (χ4v) is 2.31. The van der Waals surface area contributed by atoms with Crippen molar-refractivity contribution in [1.29, 1.82) is 0 Å². The van der Waals surface area contributed by atoms with Crippen LogP contribution in [0.2, 0.25) is 0 Å². The monoisotopic (exact) mass is 344 g/mol. The van der Waals surface area contributed by atoms with Crippen LogP contribution in [-0.2, 0) is 9.59 Å². The largest absolute Gasteiger partial charge is 0.301 e. The Morgan fingerprint density at radius 1 is 0.692 bits per heavy atom. The molecule has 0 fully saturated rings. The maximum absolute atomic E-state index is 11.8. The van der Waals surface area contributed by atoms with Gasteiger partial charge in [0.1, 0.15) is 0 Å². The number of carbonyl (C=O) groups excluding carboxylic acids is 2. The lowest BCUT2D eigenvalue weighted by Gasteiger charge is -2.18. The summed E-state index contributed by atoms with van der Waals surface area (Å²) in [7, 11) is 0. The molecule has 0 N–H and O–H groups in total. The van der Waals surface area contributed by atoms with E-state index in [4.69, 9.17) is 0 Å². The van der Waals surface area contributed by atoms with Gasteiger partial charge in [0.15, 0.2) is 0 Å². The Bertz CT molecular complexity index is 793. The minimum atomic E-state index is -0.0784. The molecule has 0 saturated carbocycles. The standard InChI is InChI=1S/C22H20N2O2/c1-19(25)23(21-13-7-5-8-14-21)17-11-3-4-12-18-24(20(2)26)22-15-9-6-10-16-22/h5-10,13-16H,17-18H2,1-2H3. The molecule has 26 heavy (non-hydrogen) atoms. The second-order valence-electron chi connectivity index (χ2n) is 5.48. The number of amides is 2. The number of benzene rings is 2. The fourth-order valence-electron chi connectivity index (χ4n) is 2.31. The third-order valence-electron chi connectivity index (χ3n) is 3.61. The molecule has 0 saturated heterocycles. The van der Waals surface area contributed by atoms with Gasteiger partial charge in [-0.1, -0.05) is 48.2 Å². The van der Waals surface area contributed by atoms with Crippen molar-refractivity contribution in [2.45, 2.75) is 13.8 Å². The summed E-state index contributed by atoms with van der Waals surface area (Å²) in [6, 6.07) is 18.7. The molecule has 0 radical (unpaired) electrons. The summed E-state index contributed by atoms with van der Waals surface area (Å²) in [6.07, 6.45) is 0. The number of anilines is 2. The molecule has 4 heteroatoms. The van der Waals surface area contributed by atoms with Crippen LogP contribution >= 0.6 is 0 Å². The van der Waals surface area contributed by atoms with Crippen molar-refractivity contribution in [1.82, 2.24) is 0 Å². The summed E-state index contributed by atoms with van der Waals surface area (Å²) in [5, 5.41) is 0. The molecule has 130 valence electrons. The lowest BCUT2D eigenvalue weighted by atomic mass is 10.3. The Morgan fingerprint density at radius 3 is 1.35 bits per heavy atom. The molecule has 0 atom stereocenters. The first kappa shape index (κ1) is 18.8. The van der Waals surface area contributed by atoms with Crippen LogP contribution in [0, 0.1) is 23.7 Å². The number of para-hydroxylation sites is 2. The van der Waals surface area contributed by atoms with E-state index >= 15 is 0 Å². The van der Waals surface area contributed by atoms with Crippen LogP contribution in [0.3, 0.4) is 0 Å². The SMILES string of the molecule is CC(=O)N(CC#CC#CCN(C(C)=O)c1ccccc1)c1ccccc1. The van der Waals surface area contributed by atoms with Crippen LogP contribution in [0.5, 0.6) is 0 Å². The molecule has 4 nitrogen and oxygen atoms in total. The Hall–Kier alpha value is -3.50. The zero-order chi connectivity index (χ0) is 18.8. The van der Waals surface area contributed by atoms with Crippen molar-refractivity contribution in [2.75, 3.05) is 22.9 Å². The third kappa shape index (κ3) is 5.54. The molecular weight excluding hydrogens is 324 g/mol. The summed E-state index contributed by atoms with van der Waals surface area (Å²) in [5.41, 5.74) is 1.60. The lowest BCUT2D eigenvalue weighted by molar-refractivity contribution is -0.117. The molecule has 2 rings (SSSR count). The number of rotatable bonds is 4. The highest BCUT2D eigenvalue weighted by Crippen LogP contribution is 2.13. The topological polar surface area (TPSA) is 40.6 Å². The lowest BCUT2D eigenvalue weighted by Crippen LogP contribution is -2.28. The van der Waals surface area contributed by atoms with Crippen LogP contribution < -0.4 is 9.80 Å². The zero-order valence-electron chi connectivity index (χ0n) is 14.9. The van der Waals surface area contributed by atoms with E-state index < -0.39 is 0 Å².